The van der Waals surface area contributed by atoms with Gasteiger partial charge in [-0.25, -0.2) is 4.99 Å². The van der Waals surface area contributed by atoms with Crippen LogP contribution in [0.4, 0.5) is 0 Å². The van der Waals surface area contributed by atoms with E-state index in [1.54, 1.807) is 0 Å². The first-order valence-corrected chi connectivity index (χ1v) is 11.2. The van der Waals surface area contributed by atoms with Crippen molar-refractivity contribution in [1.29, 1.82) is 5.41 Å². The van der Waals surface area contributed by atoms with E-state index in [2.05, 4.69) is 61.2 Å². The smallest absolute Gasteiger partial charge is 0.154 e. The van der Waals surface area contributed by atoms with E-state index >= 15 is 0 Å². The van der Waals surface area contributed by atoms with E-state index in [-0.39, 0.29) is 11.9 Å². The average Bonchev–Trinajstić information content (AvgIpc) is 2.88. The maximum absolute atomic E-state index is 8.95. The molecule has 0 saturated heterocycles. The third-order valence-corrected chi connectivity index (χ3v) is 5.78. The Kier molecular flexibility index (Phi) is 6.80. The molecular weight excluding hydrogens is 402 g/mol. The van der Waals surface area contributed by atoms with Crippen molar-refractivity contribution in [1.82, 2.24) is 4.90 Å². The van der Waals surface area contributed by atoms with Crippen LogP contribution in [0.2, 0.25) is 0 Å². The fourth-order valence-electron chi connectivity index (χ4n) is 3.71. The van der Waals surface area contributed by atoms with Crippen molar-refractivity contribution >= 4 is 11.7 Å². The van der Waals surface area contributed by atoms with Gasteiger partial charge >= 0.3 is 0 Å². The highest BCUT2D eigenvalue weighted by molar-refractivity contribution is 6.11. The highest BCUT2D eigenvalue weighted by atomic mass is 15.2. The first-order chi connectivity index (χ1) is 16.0. The van der Waals surface area contributed by atoms with E-state index in [4.69, 9.17) is 10.4 Å². The molecule has 0 atom stereocenters. The second-order valence-electron chi connectivity index (χ2n) is 8.39. The number of hydrogen-bond donors (Lipinski definition) is 1. The quantitative estimate of drug-likeness (QED) is 0.265. The van der Waals surface area contributed by atoms with Crippen molar-refractivity contribution in [3.63, 3.8) is 0 Å². The summed E-state index contributed by atoms with van der Waals surface area (Å²) in [5.41, 5.74) is 6.18. The molecule has 0 unspecified atom stereocenters. The molecule has 0 amide bonds. The number of nitrogens with one attached hydrogen (secondary N) is 1. The lowest BCUT2D eigenvalue weighted by atomic mass is 9.96. The minimum absolute atomic E-state index is 0.247. The van der Waals surface area contributed by atoms with Gasteiger partial charge in [0.15, 0.2) is 5.84 Å². The van der Waals surface area contributed by atoms with Gasteiger partial charge in [0.25, 0.3) is 0 Å². The fraction of sp³-hybridized carbons (Fsp3) is 0.133. The summed E-state index contributed by atoms with van der Waals surface area (Å²) in [6.07, 6.45) is 0. The Hall–Kier alpha value is -3.98. The number of benzene rings is 4. The predicted octanol–water partition coefficient (Wildman–Crippen LogP) is 7.13. The number of nitrogens with zero attached hydrogens (tertiary/aromatic N) is 2. The van der Waals surface area contributed by atoms with Gasteiger partial charge in [0.2, 0.25) is 0 Å². The Morgan fingerprint density at radius 2 is 1.09 bits per heavy atom. The van der Waals surface area contributed by atoms with Crippen molar-refractivity contribution in [2.75, 3.05) is 7.05 Å². The Morgan fingerprint density at radius 3 is 1.55 bits per heavy atom. The second-order valence-corrected chi connectivity index (χ2v) is 8.39. The largest absolute Gasteiger partial charge is 0.357 e. The summed E-state index contributed by atoms with van der Waals surface area (Å²) >= 11 is 0. The van der Waals surface area contributed by atoms with Gasteiger partial charge in [-0.1, -0.05) is 91.0 Å². The highest BCUT2D eigenvalue weighted by Gasteiger charge is 2.15. The zero-order valence-corrected chi connectivity index (χ0v) is 19.4. The number of rotatable bonds is 5. The summed E-state index contributed by atoms with van der Waals surface area (Å²) in [4.78, 5) is 6.95. The van der Waals surface area contributed by atoms with Crippen molar-refractivity contribution in [3.8, 4) is 22.3 Å². The van der Waals surface area contributed by atoms with Gasteiger partial charge in [0, 0.05) is 24.2 Å². The lowest BCUT2D eigenvalue weighted by Gasteiger charge is -2.25. The predicted molar refractivity (Wildman–Crippen MR) is 140 cm³/mol. The summed E-state index contributed by atoms with van der Waals surface area (Å²) in [5.74, 6) is 1.04. The number of amidine groups is 2. The van der Waals surface area contributed by atoms with Gasteiger partial charge in [-0.2, -0.15) is 0 Å². The third-order valence-electron chi connectivity index (χ3n) is 5.78. The molecule has 0 aliphatic rings. The zero-order valence-electron chi connectivity index (χ0n) is 19.4. The van der Waals surface area contributed by atoms with E-state index in [1.807, 2.05) is 73.8 Å². The average molecular weight is 432 g/mol. The molecule has 0 saturated carbocycles. The molecule has 0 aromatic heterocycles. The van der Waals surface area contributed by atoms with E-state index in [9.17, 15) is 0 Å². The Balaban J connectivity index is 1.83. The minimum Gasteiger partial charge on any atom is -0.357 e. The molecule has 3 heteroatoms. The summed E-state index contributed by atoms with van der Waals surface area (Å²) < 4.78 is 0. The standard InChI is InChI=1S/C30H29N3/c1-22(2)33(3)30(25-17-11-6-12-18-25)32-29(31)28-20-26(23-13-7-4-8-14-23)19-27(21-28)24-15-9-5-10-16-24/h4-22,31H,1-3H3. The Bertz CT molecular complexity index is 1190. The van der Waals surface area contributed by atoms with Crippen LogP contribution < -0.4 is 0 Å². The normalized spacial score (nSPS) is 11.5. The number of aliphatic imine (C=N–C) groups is 1. The summed E-state index contributed by atoms with van der Waals surface area (Å²) in [6, 6.07) is 37.3. The van der Waals surface area contributed by atoms with Crippen molar-refractivity contribution in [3.05, 3.63) is 120 Å². The van der Waals surface area contributed by atoms with Gasteiger partial charge < -0.3 is 4.90 Å². The molecule has 0 aliphatic heterocycles. The maximum atomic E-state index is 8.95. The van der Waals surface area contributed by atoms with Crippen LogP contribution in [0, 0.1) is 5.41 Å². The molecule has 1 N–H and O–H groups in total. The lowest BCUT2D eigenvalue weighted by Crippen LogP contribution is -2.34. The van der Waals surface area contributed by atoms with Gasteiger partial charge in [-0.05, 0) is 54.3 Å². The zero-order chi connectivity index (χ0) is 23.2. The molecular formula is C30H29N3. The van der Waals surface area contributed by atoms with Crippen LogP contribution >= 0.6 is 0 Å². The molecule has 33 heavy (non-hydrogen) atoms. The van der Waals surface area contributed by atoms with E-state index < -0.39 is 0 Å². The SMILES string of the molecule is CC(C)N(C)C(=NC(=N)c1cc(-c2ccccc2)cc(-c2ccccc2)c1)c1ccccc1. The molecule has 0 aliphatic carbocycles. The first-order valence-electron chi connectivity index (χ1n) is 11.2. The van der Waals surface area contributed by atoms with Gasteiger partial charge in [0.1, 0.15) is 5.84 Å². The molecule has 0 radical (unpaired) electrons. The molecule has 0 spiro atoms. The molecule has 0 bridgehead atoms. The maximum Gasteiger partial charge on any atom is 0.154 e. The topological polar surface area (TPSA) is 39.5 Å². The minimum atomic E-state index is 0.247. The van der Waals surface area contributed by atoms with Crippen LogP contribution in [-0.2, 0) is 0 Å². The highest BCUT2D eigenvalue weighted by Crippen LogP contribution is 2.29. The lowest BCUT2D eigenvalue weighted by molar-refractivity contribution is 0.418. The van der Waals surface area contributed by atoms with E-state index in [0.29, 0.717) is 0 Å². The molecule has 0 fully saturated rings. The molecule has 4 rings (SSSR count). The van der Waals surface area contributed by atoms with Crippen molar-refractivity contribution in [2.24, 2.45) is 4.99 Å². The van der Waals surface area contributed by atoms with Gasteiger partial charge in [-0.15, -0.1) is 0 Å². The second kappa shape index (κ2) is 10.1. The monoisotopic (exact) mass is 431 g/mol. The Morgan fingerprint density at radius 1 is 0.636 bits per heavy atom. The fourth-order valence-corrected chi connectivity index (χ4v) is 3.71. The van der Waals surface area contributed by atoms with Crippen LogP contribution in [0.1, 0.15) is 25.0 Å². The van der Waals surface area contributed by atoms with Crippen LogP contribution in [-0.4, -0.2) is 29.7 Å². The Labute approximate surface area is 196 Å². The summed E-state index contributed by atoms with van der Waals surface area (Å²) in [7, 11) is 2.03. The molecule has 0 heterocycles. The van der Waals surface area contributed by atoms with Gasteiger partial charge in [0.05, 0.1) is 0 Å². The van der Waals surface area contributed by atoms with E-state index in [0.717, 1.165) is 39.2 Å². The van der Waals surface area contributed by atoms with Crippen molar-refractivity contribution in [2.45, 2.75) is 19.9 Å². The van der Waals surface area contributed by atoms with Crippen molar-refractivity contribution < 1.29 is 0 Å². The number of hydrogen-bond acceptors (Lipinski definition) is 1. The van der Waals surface area contributed by atoms with E-state index in [1.165, 1.54) is 0 Å². The van der Waals surface area contributed by atoms with Gasteiger partial charge in [-0.3, -0.25) is 5.41 Å². The van der Waals surface area contributed by atoms with Crippen LogP contribution in [0.3, 0.4) is 0 Å². The molecule has 164 valence electrons. The first kappa shape index (κ1) is 22.2. The summed E-state index contributed by atoms with van der Waals surface area (Å²) in [5, 5.41) is 8.95. The van der Waals surface area contributed by atoms with Crippen LogP contribution in [0.5, 0.6) is 0 Å². The van der Waals surface area contributed by atoms with Crippen LogP contribution in [0.15, 0.2) is 114 Å². The third kappa shape index (κ3) is 5.27. The summed E-state index contributed by atoms with van der Waals surface area (Å²) in [6.45, 7) is 4.26. The molecule has 4 aromatic rings. The molecule has 3 nitrogen and oxygen atoms in total. The van der Waals surface area contributed by atoms with Crippen LogP contribution in [0.25, 0.3) is 22.3 Å². The molecule has 4 aromatic carbocycles.